The molecule has 0 unspecified atom stereocenters. The molecule has 2 heterocycles. The lowest BCUT2D eigenvalue weighted by atomic mass is 10.1. The van der Waals surface area contributed by atoms with Crippen LogP contribution in [0.5, 0.6) is 0 Å². The molecular weight excluding hydrogens is 238 g/mol. The van der Waals surface area contributed by atoms with Gasteiger partial charge in [-0.25, -0.2) is 4.79 Å². The Morgan fingerprint density at radius 3 is 2.89 bits per heavy atom. The van der Waals surface area contributed by atoms with Gasteiger partial charge in [0, 0.05) is 24.2 Å². The van der Waals surface area contributed by atoms with Gasteiger partial charge in [-0.3, -0.25) is 14.3 Å². The first-order valence-electron chi connectivity index (χ1n) is 5.82. The van der Waals surface area contributed by atoms with Crippen LogP contribution in [0.2, 0.25) is 0 Å². The number of H-pyrrole nitrogens is 1. The highest BCUT2D eigenvalue weighted by Crippen LogP contribution is 2.27. The number of hydrogen-bond acceptors (Lipinski definition) is 5. The van der Waals surface area contributed by atoms with Crippen LogP contribution in [0.1, 0.15) is 18.2 Å². The number of aryl methyl sites for hydroxylation is 1. The van der Waals surface area contributed by atoms with Crippen LogP contribution in [0.3, 0.4) is 0 Å². The summed E-state index contributed by atoms with van der Waals surface area (Å²) in [6, 6.07) is -0.0147. The summed E-state index contributed by atoms with van der Waals surface area (Å²) in [5, 5.41) is 12.2. The highest BCUT2D eigenvalue weighted by Gasteiger charge is 2.35. The maximum atomic E-state index is 11.7. The maximum Gasteiger partial charge on any atom is 0.330 e. The molecule has 100 valence electrons. The zero-order valence-electron chi connectivity index (χ0n) is 10.3. The summed E-state index contributed by atoms with van der Waals surface area (Å²) in [6.45, 7) is 1.52. The molecule has 18 heavy (non-hydrogen) atoms. The Balaban J connectivity index is 2.31. The van der Waals surface area contributed by atoms with Gasteiger partial charge < -0.3 is 15.2 Å². The van der Waals surface area contributed by atoms with Gasteiger partial charge in [0.15, 0.2) is 0 Å². The minimum absolute atomic E-state index is 0.0147. The van der Waals surface area contributed by atoms with E-state index < -0.39 is 17.5 Å². The van der Waals surface area contributed by atoms with Crippen molar-refractivity contribution in [2.45, 2.75) is 31.7 Å². The van der Waals surface area contributed by atoms with E-state index in [1.807, 2.05) is 0 Å². The molecule has 0 bridgehead atoms. The average Bonchev–Trinajstić information content (AvgIpc) is 2.76. The van der Waals surface area contributed by atoms with Gasteiger partial charge in [0.25, 0.3) is 5.56 Å². The number of nitrogens with zero attached hydrogens (tertiary/aromatic N) is 1. The Labute approximate surface area is 103 Å². The molecule has 1 aromatic rings. The second kappa shape index (κ2) is 5.05. The number of rotatable bonds is 3. The highest BCUT2D eigenvalue weighted by molar-refractivity contribution is 5.02. The van der Waals surface area contributed by atoms with Crippen molar-refractivity contribution in [3.8, 4) is 0 Å². The predicted molar refractivity (Wildman–Crippen MR) is 64.5 cm³/mol. The lowest BCUT2D eigenvalue weighted by molar-refractivity contribution is -0.0287. The zero-order chi connectivity index (χ0) is 13.3. The summed E-state index contributed by atoms with van der Waals surface area (Å²) in [4.78, 5) is 25.2. The SMILES string of the molecule is CN[C@@H]1C[C@@H](n2cc(C)c(=O)[nH]c2=O)O[C@H]1CO. The topological polar surface area (TPSA) is 96.4 Å². The van der Waals surface area contributed by atoms with E-state index in [-0.39, 0.29) is 18.8 Å². The molecule has 0 radical (unpaired) electrons. The smallest absolute Gasteiger partial charge is 0.330 e. The number of aliphatic hydroxyl groups excluding tert-OH is 1. The van der Waals surface area contributed by atoms with Crippen LogP contribution in [0.25, 0.3) is 0 Å². The Morgan fingerprint density at radius 2 is 2.33 bits per heavy atom. The van der Waals surface area contributed by atoms with Crippen molar-refractivity contribution >= 4 is 0 Å². The first-order chi connectivity index (χ1) is 8.56. The average molecular weight is 255 g/mol. The first kappa shape index (κ1) is 13.0. The van der Waals surface area contributed by atoms with Crippen LogP contribution in [0, 0.1) is 6.92 Å². The number of hydrogen-bond donors (Lipinski definition) is 3. The fourth-order valence-corrected chi connectivity index (χ4v) is 2.17. The van der Waals surface area contributed by atoms with Crippen molar-refractivity contribution < 1.29 is 9.84 Å². The van der Waals surface area contributed by atoms with E-state index >= 15 is 0 Å². The molecular formula is C11H17N3O4. The predicted octanol–water partition coefficient (Wildman–Crippen LogP) is -1.29. The Hall–Kier alpha value is -1.44. The van der Waals surface area contributed by atoms with Crippen molar-refractivity contribution in [1.29, 1.82) is 0 Å². The number of aliphatic hydroxyl groups is 1. The molecule has 7 heteroatoms. The number of likely N-dealkylation sites (N-methyl/N-ethyl adjacent to an activating group) is 1. The van der Waals surface area contributed by atoms with Gasteiger partial charge in [-0.1, -0.05) is 0 Å². The minimum Gasteiger partial charge on any atom is -0.394 e. The summed E-state index contributed by atoms with van der Waals surface area (Å²) < 4.78 is 6.96. The van der Waals surface area contributed by atoms with E-state index in [9.17, 15) is 14.7 Å². The van der Waals surface area contributed by atoms with Crippen LogP contribution < -0.4 is 16.6 Å². The monoisotopic (exact) mass is 255 g/mol. The van der Waals surface area contributed by atoms with E-state index in [1.165, 1.54) is 10.8 Å². The molecule has 1 saturated heterocycles. The fourth-order valence-electron chi connectivity index (χ4n) is 2.17. The molecule has 3 N–H and O–H groups in total. The number of nitrogens with one attached hydrogen (secondary N) is 2. The summed E-state index contributed by atoms with van der Waals surface area (Å²) >= 11 is 0. The molecule has 0 spiro atoms. The summed E-state index contributed by atoms with van der Waals surface area (Å²) in [6.07, 6.45) is 1.23. The van der Waals surface area contributed by atoms with Crippen molar-refractivity contribution in [2.75, 3.05) is 13.7 Å². The van der Waals surface area contributed by atoms with Crippen molar-refractivity contribution in [3.05, 3.63) is 32.6 Å². The van der Waals surface area contributed by atoms with Gasteiger partial charge in [0.05, 0.1) is 12.7 Å². The molecule has 7 nitrogen and oxygen atoms in total. The molecule has 0 aromatic carbocycles. The Bertz CT molecular complexity index is 524. The largest absolute Gasteiger partial charge is 0.394 e. The normalized spacial score (nSPS) is 27.6. The number of aromatic nitrogens is 2. The third-order valence-corrected chi connectivity index (χ3v) is 3.24. The van der Waals surface area contributed by atoms with E-state index in [0.717, 1.165) is 0 Å². The quantitative estimate of drug-likeness (QED) is 0.624. The molecule has 0 saturated carbocycles. The third kappa shape index (κ3) is 2.24. The Kier molecular flexibility index (Phi) is 3.65. The zero-order valence-corrected chi connectivity index (χ0v) is 10.3. The molecule has 1 aliphatic heterocycles. The van der Waals surface area contributed by atoms with Crippen LogP contribution in [0.4, 0.5) is 0 Å². The number of aromatic amines is 1. The lowest BCUT2D eigenvalue weighted by Crippen LogP contribution is -2.35. The van der Waals surface area contributed by atoms with Gasteiger partial charge in [-0.2, -0.15) is 0 Å². The van der Waals surface area contributed by atoms with Gasteiger partial charge in [0.1, 0.15) is 6.23 Å². The number of ether oxygens (including phenoxy) is 1. The standard InChI is InChI=1S/C11H17N3O4/c1-6-4-14(11(17)13-10(6)16)9-3-7(12-2)8(5-15)18-9/h4,7-9,12,15H,3,5H2,1-2H3,(H,13,16,17)/t7-,8+,9+/m1/s1. The van der Waals surface area contributed by atoms with Crippen molar-refractivity contribution in [1.82, 2.24) is 14.9 Å². The molecule has 3 atom stereocenters. The minimum atomic E-state index is -0.496. The highest BCUT2D eigenvalue weighted by atomic mass is 16.5. The van der Waals surface area contributed by atoms with Gasteiger partial charge >= 0.3 is 5.69 Å². The fraction of sp³-hybridized carbons (Fsp3) is 0.636. The van der Waals surface area contributed by atoms with Gasteiger partial charge in [0.2, 0.25) is 0 Å². The summed E-state index contributed by atoms with van der Waals surface area (Å²) in [7, 11) is 1.78. The molecule has 1 aromatic heterocycles. The van der Waals surface area contributed by atoms with Crippen molar-refractivity contribution in [2.24, 2.45) is 0 Å². The summed E-state index contributed by atoms with van der Waals surface area (Å²) in [5.74, 6) is 0. The lowest BCUT2D eigenvalue weighted by Gasteiger charge is -2.15. The second-order valence-corrected chi connectivity index (χ2v) is 4.42. The maximum absolute atomic E-state index is 11.7. The molecule has 2 rings (SSSR count). The van der Waals surface area contributed by atoms with Crippen molar-refractivity contribution in [3.63, 3.8) is 0 Å². The van der Waals surface area contributed by atoms with Crippen LogP contribution in [0.15, 0.2) is 15.8 Å². The van der Waals surface area contributed by atoms with E-state index in [0.29, 0.717) is 12.0 Å². The van der Waals surface area contributed by atoms with E-state index in [2.05, 4.69) is 10.3 Å². The Morgan fingerprint density at radius 1 is 1.61 bits per heavy atom. The van der Waals surface area contributed by atoms with E-state index in [1.54, 1.807) is 14.0 Å². The first-order valence-corrected chi connectivity index (χ1v) is 5.82. The van der Waals surface area contributed by atoms with E-state index in [4.69, 9.17) is 4.74 Å². The molecule has 1 fully saturated rings. The third-order valence-electron chi connectivity index (χ3n) is 3.24. The summed E-state index contributed by atoms with van der Waals surface area (Å²) in [5.41, 5.74) is -0.436. The molecule has 0 amide bonds. The van der Waals surface area contributed by atoms with Crippen LogP contribution in [-0.4, -0.2) is 40.5 Å². The van der Waals surface area contributed by atoms with Gasteiger partial charge in [-0.05, 0) is 14.0 Å². The second-order valence-electron chi connectivity index (χ2n) is 4.42. The molecule has 0 aliphatic carbocycles. The van der Waals surface area contributed by atoms with Gasteiger partial charge in [-0.15, -0.1) is 0 Å². The van der Waals surface area contributed by atoms with Crippen LogP contribution in [-0.2, 0) is 4.74 Å². The van der Waals surface area contributed by atoms with Crippen LogP contribution >= 0.6 is 0 Å². The molecule has 1 aliphatic rings.